The Labute approximate surface area is 117 Å². The van der Waals surface area contributed by atoms with Crippen LogP contribution < -0.4 is 10.6 Å². The number of hydrogen-bond donors (Lipinski definition) is 2. The van der Waals surface area contributed by atoms with E-state index in [2.05, 4.69) is 10.6 Å². The molecule has 2 N–H and O–H groups in total. The summed E-state index contributed by atoms with van der Waals surface area (Å²) in [6, 6.07) is 3.96. The van der Waals surface area contributed by atoms with Gasteiger partial charge in [-0.25, -0.2) is 8.78 Å². The first kappa shape index (κ1) is 15.9. The Morgan fingerprint density at radius 3 is 2.89 bits per heavy atom. The highest BCUT2D eigenvalue weighted by Crippen LogP contribution is 2.12. The van der Waals surface area contributed by atoms with Crippen molar-refractivity contribution in [2.45, 2.75) is 25.3 Å². The van der Waals surface area contributed by atoms with Gasteiger partial charge in [0.2, 0.25) is 5.91 Å². The van der Waals surface area contributed by atoms with E-state index < -0.39 is 11.6 Å². The molecule has 0 aromatic heterocycles. The minimum absolute atomic E-state index is 0. The van der Waals surface area contributed by atoms with Crippen molar-refractivity contribution < 1.29 is 13.6 Å². The molecule has 0 radical (unpaired) electrons. The van der Waals surface area contributed by atoms with Crippen molar-refractivity contribution in [3.05, 3.63) is 35.4 Å². The third kappa shape index (κ3) is 4.44. The summed E-state index contributed by atoms with van der Waals surface area (Å²) in [6.07, 6.45) is 1.81. The molecule has 19 heavy (non-hydrogen) atoms. The Morgan fingerprint density at radius 1 is 1.42 bits per heavy atom. The maximum absolute atomic E-state index is 13.4. The van der Waals surface area contributed by atoms with Crippen molar-refractivity contribution in [3.8, 4) is 0 Å². The second-order valence-corrected chi connectivity index (χ2v) is 4.50. The lowest BCUT2D eigenvalue weighted by Crippen LogP contribution is -2.46. The molecule has 6 heteroatoms. The summed E-state index contributed by atoms with van der Waals surface area (Å²) in [5.41, 5.74) is 0.0938. The monoisotopic (exact) mass is 290 g/mol. The maximum atomic E-state index is 13.4. The molecule has 106 valence electrons. The number of benzene rings is 1. The molecule has 1 aromatic carbocycles. The zero-order valence-electron chi connectivity index (χ0n) is 10.4. The van der Waals surface area contributed by atoms with Gasteiger partial charge in [-0.1, -0.05) is 12.1 Å². The molecular formula is C13H17ClF2N2O. The lowest BCUT2D eigenvalue weighted by molar-refractivity contribution is -0.121. The van der Waals surface area contributed by atoms with Crippen molar-refractivity contribution in [2.24, 2.45) is 0 Å². The summed E-state index contributed by atoms with van der Waals surface area (Å²) < 4.78 is 26.3. The van der Waals surface area contributed by atoms with Crippen LogP contribution in [0.15, 0.2) is 18.2 Å². The molecule has 0 saturated carbocycles. The second kappa shape index (κ2) is 7.40. The summed E-state index contributed by atoms with van der Waals surface area (Å²) in [7, 11) is 0. The highest BCUT2D eigenvalue weighted by molar-refractivity contribution is 5.85. The molecule has 1 saturated heterocycles. The number of halogens is 3. The van der Waals surface area contributed by atoms with Gasteiger partial charge in [0, 0.05) is 18.2 Å². The summed E-state index contributed by atoms with van der Waals surface area (Å²) in [4.78, 5) is 11.7. The van der Waals surface area contributed by atoms with Crippen LogP contribution in [-0.4, -0.2) is 25.0 Å². The number of piperidine rings is 1. The van der Waals surface area contributed by atoms with E-state index in [4.69, 9.17) is 0 Å². The lowest BCUT2D eigenvalue weighted by atomic mass is 10.1. The van der Waals surface area contributed by atoms with E-state index in [0.717, 1.165) is 32.0 Å². The fourth-order valence-electron chi connectivity index (χ4n) is 2.11. The molecule has 1 aromatic rings. The molecule has 1 fully saturated rings. The van der Waals surface area contributed by atoms with Gasteiger partial charge in [0.1, 0.15) is 0 Å². The number of rotatable bonds is 3. The molecule has 1 atom stereocenters. The smallest absolute Gasteiger partial charge is 0.224 e. The average molecular weight is 291 g/mol. The van der Waals surface area contributed by atoms with E-state index in [9.17, 15) is 13.6 Å². The van der Waals surface area contributed by atoms with Crippen LogP contribution in [0, 0.1) is 11.6 Å². The van der Waals surface area contributed by atoms with Gasteiger partial charge in [0.05, 0.1) is 6.42 Å². The molecule has 1 aliphatic rings. The van der Waals surface area contributed by atoms with Crippen molar-refractivity contribution >= 4 is 18.3 Å². The SMILES string of the molecule is Cl.O=C(Cc1cccc(F)c1F)NC1CCCNC1. The van der Waals surface area contributed by atoms with E-state index in [1.165, 1.54) is 12.1 Å². The number of hydrogen-bond acceptors (Lipinski definition) is 2. The Balaban J connectivity index is 0.00000180. The third-order valence-corrected chi connectivity index (χ3v) is 3.04. The van der Waals surface area contributed by atoms with Crippen LogP contribution in [0.2, 0.25) is 0 Å². The number of carbonyl (C=O) groups excluding carboxylic acids is 1. The molecule has 1 amide bonds. The van der Waals surface area contributed by atoms with Crippen LogP contribution in [0.25, 0.3) is 0 Å². The number of amides is 1. The predicted octanol–water partition coefficient (Wildman–Crippen LogP) is 1.80. The highest BCUT2D eigenvalue weighted by Gasteiger charge is 2.17. The second-order valence-electron chi connectivity index (χ2n) is 4.50. The largest absolute Gasteiger partial charge is 0.352 e. The minimum atomic E-state index is -0.936. The van der Waals surface area contributed by atoms with E-state index in [1.807, 2.05) is 0 Å². The van der Waals surface area contributed by atoms with Crippen LogP contribution in [0.5, 0.6) is 0 Å². The topological polar surface area (TPSA) is 41.1 Å². The van der Waals surface area contributed by atoms with Gasteiger partial charge in [-0.2, -0.15) is 0 Å². The highest BCUT2D eigenvalue weighted by atomic mass is 35.5. The summed E-state index contributed by atoms with van der Waals surface area (Å²) >= 11 is 0. The van der Waals surface area contributed by atoms with Gasteiger partial charge in [-0.3, -0.25) is 4.79 Å². The van der Waals surface area contributed by atoms with Crippen LogP contribution in [0.4, 0.5) is 8.78 Å². The van der Waals surface area contributed by atoms with Gasteiger partial charge in [-0.05, 0) is 25.5 Å². The fraction of sp³-hybridized carbons (Fsp3) is 0.462. The average Bonchev–Trinajstić information content (AvgIpc) is 2.36. The lowest BCUT2D eigenvalue weighted by Gasteiger charge is -2.23. The Morgan fingerprint density at radius 2 is 2.21 bits per heavy atom. The predicted molar refractivity (Wildman–Crippen MR) is 71.3 cm³/mol. The first-order valence-corrected chi connectivity index (χ1v) is 6.10. The van der Waals surface area contributed by atoms with Gasteiger partial charge in [0.25, 0.3) is 0 Å². The van der Waals surface area contributed by atoms with Gasteiger partial charge < -0.3 is 10.6 Å². The molecule has 1 heterocycles. The fourth-order valence-corrected chi connectivity index (χ4v) is 2.11. The van der Waals surface area contributed by atoms with Crippen molar-refractivity contribution in [1.29, 1.82) is 0 Å². The molecule has 3 nitrogen and oxygen atoms in total. The quantitative estimate of drug-likeness (QED) is 0.891. The summed E-state index contributed by atoms with van der Waals surface area (Å²) in [6.45, 7) is 1.70. The molecule has 1 aliphatic heterocycles. The van der Waals surface area contributed by atoms with Gasteiger partial charge in [0.15, 0.2) is 11.6 Å². The third-order valence-electron chi connectivity index (χ3n) is 3.04. The molecule has 2 rings (SSSR count). The van der Waals surface area contributed by atoms with Crippen molar-refractivity contribution in [1.82, 2.24) is 10.6 Å². The first-order chi connectivity index (χ1) is 8.66. The maximum Gasteiger partial charge on any atom is 0.224 e. The first-order valence-electron chi connectivity index (χ1n) is 6.10. The normalized spacial score (nSPS) is 18.5. The Kier molecular flexibility index (Phi) is 6.18. The van der Waals surface area contributed by atoms with Crippen LogP contribution in [0.3, 0.4) is 0 Å². The zero-order valence-corrected chi connectivity index (χ0v) is 11.2. The minimum Gasteiger partial charge on any atom is -0.352 e. The Bertz CT molecular complexity index is 437. The van der Waals surface area contributed by atoms with Crippen LogP contribution >= 0.6 is 12.4 Å². The Hall–Kier alpha value is -1.20. The van der Waals surface area contributed by atoms with E-state index >= 15 is 0 Å². The van der Waals surface area contributed by atoms with Crippen LogP contribution in [-0.2, 0) is 11.2 Å². The molecular weight excluding hydrogens is 274 g/mol. The van der Waals surface area contributed by atoms with E-state index in [0.29, 0.717) is 0 Å². The molecule has 0 aliphatic carbocycles. The number of nitrogens with one attached hydrogen (secondary N) is 2. The van der Waals surface area contributed by atoms with Gasteiger partial charge >= 0.3 is 0 Å². The molecule has 0 bridgehead atoms. The van der Waals surface area contributed by atoms with E-state index in [1.54, 1.807) is 0 Å². The number of carbonyl (C=O) groups is 1. The van der Waals surface area contributed by atoms with Gasteiger partial charge in [-0.15, -0.1) is 12.4 Å². The molecule has 1 unspecified atom stereocenters. The molecule has 0 spiro atoms. The van der Waals surface area contributed by atoms with Crippen molar-refractivity contribution in [3.63, 3.8) is 0 Å². The zero-order chi connectivity index (χ0) is 13.0. The van der Waals surface area contributed by atoms with Crippen LogP contribution in [0.1, 0.15) is 18.4 Å². The summed E-state index contributed by atoms with van der Waals surface area (Å²) in [5, 5.41) is 6.00. The standard InChI is InChI=1S/C13H16F2N2O.ClH/c14-11-5-1-3-9(13(11)15)7-12(18)17-10-4-2-6-16-8-10;/h1,3,5,10,16H,2,4,6-8H2,(H,17,18);1H. The van der Waals surface area contributed by atoms with Crippen molar-refractivity contribution in [2.75, 3.05) is 13.1 Å². The van der Waals surface area contributed by atoms with E-state index in [-0.39, 0.29) is 36.3 Å². The summed E-state index contributed by atoms with van der Waals surface area (Å²) in [5.74, 6) is -2.12.